The highest BCUT2D eigenvalue weighted by Gasteiger charge is 2.20. The molecule has 5 aromatic rings. The number of aromatic nitrogens is 5. The maximum atomic E-state index is 13.4. The van der Waals surface area contributed by atoms with E-state index in [9.17, 15) is 4.79 Å². The molecular weight excluding hydrogens is 400 g/mol. The molecule has 1 amide bonds. The number of anilines is 1. The van der Waals surface area contributed by atoms with Crippen molar-refractivity contribution in [1.82, 2.24) is 24.1 Å². The predicted molar refractivity (Wildman–Crippen MR) is 126 cm³/mol. The summed E-state index contributed by atoms with van der Waals surface area (Å²) in [6.45, 7) is 7.98. The third kappa shape index (κ3) is 3.22. The van der Waals surface area contributed by atoms with Gasteiger partial charge in [0.25, 0.3) is 5.91 Å². The number of benzene rings is 1. The fourth-order valence-corrected chi connectivity index (χ4v) is 3.97. The third-order valence-electron chi connectivity index (χ3n) is 5.62. The zero-order valence-electron chi connectivity index (χ0n) is 18.5. The Kier molecular flexibility index (Phi) is 4.74. The average Bonchev–Trinajstić information content (AvgIpc) is 3.36. The van der Waals surface area contributed by atoms with Gasteiger partial charge in [-0.05, 0) is 45.4 Å². The van der Waals surface area contributed by atoms with Gasteiger partial charge in [0.05, 0.1) is 17.5 Å². The minimum absolute atomic E-state index is 0.189. The molecular formula is C25H24N6O. The average molecular weight is 425 g/mol. The lowest BCUT2D eigenvalue weighted by Crippen LogP contribution is -2.16. The smallest absolute Gasteiger partial charge is 0.258 e. The number of imidazole rings is 1. The van der Waals surface area contributed by atoms with E-state index in [4.69, 9.17) is 4.98 Å². The Hall–Kier alpha value is -4.00. The van der Waals surface area contributed by atoms with E-state index in [1.165, 1.54) is 0 Å². The van der Waals surface area contributed by atoms with Crippen molar-refractivity contribution in [2.24, 2.45) is 0 Å². The van der Waals surface area contributed by atoms with Crippen molar-refractivity contribution in [2.75, 3.05) is 5.32 Å². The Labute approximate surface area is 185 Å². The molecule has 0 aliphatic rings. The number of carbonyl (C=O) groups is 1. The second kappa shape index (κ2) is 7.60. The highest BCUT2D eigenvalue weighted by Crippen LogP contribution is 2.30. The molecule has 0 aliphatic heterocycles. The van der Waals surface area contributed by atoms with E-state index >= 15 is 0 Å². The van der Waals surface area contributed by atoms with Crippen LogP contribution in [0.2, 0.25) is 0 Å². The van der Waals surface area contributed by atoms with Gasteiger partial charge >= 0.3 is 0 Å². The summed E-state index contributed by atoms with van der Waals surface area (Å²) in [5.74, 6) is 0.409. The van der Waals surface area contributed by atoms with E-state index < -0.39 is 0 Å². The van der Waals surface area contributed by atoms with Crippen LogP contribution in [0.3, 0.4) is 0 Å². The Morgan fingerprint density at radius 1 is 1.00 bits per heavy atom. The standard InChI is InChI=1S/C25H24N6O/c1-15(2)31-23-19(14-26-31)13-20(17(4)27-23)25(32)29-24-21(18-10-6-5-7-11-18)28-22-16(3)9-8-12-30(22)24/h5-15H,1-4H3,(H,29,32). The fraction of sp³-hybridized carbons (Fsp3) is 0.200. The lowest BCUT2D eigenvalue weighted by atomic mass is 10.1. The Morgan fingerprint density at radius 3 is 2.53 bits per heavy atom. The van der Waals surface area contributed by atoms with Crippen LogP contribution in [0.1, 0.15) is 41.5 Å². The molecule has 7 heteroatoms. The Bertz CT molecular complexity index is 1460. The lowest BCUT2D eigenvalue weighted by molar-refractivity contribution is 0.102. The summed E-state index contributed by atoms with van der Waals surface area (Å²) in [6, 6.07) is 15.9. The summed E-state index contributed by atoms with van der Waals surface area (Å²) in [4.78, 5) is 22.9. The summed E-state index contributed by atoms with van der Waals surface area (Å²) in [6.07, 6.45) is 3.67. The molecule has 32 heavy (non-hydrogen) atoms. The van der Waals surface area contributed by atoms with Crippen LogP contribution in [-0.4, -0.2) is 30.1 Å². The van der Waals surface area contributed by atoms with Crippen LogP contribution in [-0.2, 0) is 0 Å². The molecule has 0 radical (unpaired) electrons. The van der Waals surface area contributed by atoms with Crippen molar-refractivity contribution in [2.45, 2.75) is 33.7 Å². The van der Waals surface area contributed by atoms with Crippen LogP contribution in [0.25, 0.3) is 27.9 Å². The first-order valence-corrected chi connectivity index (χ1v) is 10.6. The summed E-state index contributed by atoms with van der Waals surface area (Å²) in [5.41, 5.74) is 5.47. The van der Waals surface area contributed by atoms with Gasteiger partial charge in [-0.15, -0.1) is 0 Å². The van der Waals surface area contributed by atoms with Gasteiger partial charge < -0.3 is 5.32 Å². The van der Waals surface area contributed by atoms with Crippen LogP contribution in [0.4, 0.5) is 5.82 Å². The monoisotopic (exact) mass is 424 g/mol. The van der Waals surface area contributed by atoms with Crippen LogP contribution in [0, 0.1) is 13.8 Å². The number of nitrogens with one attached hydrogen (secondary N) is 1. The number of pyridine rings is 2. The van der Waals surface area contributed by atoms with Crippen molar-refractivity contribution in [3.05, 3.63) is 77.7 Å². The van der Waals surface area contributed by atoms with Gasteiger partial charge in [-0.2, -0.15) is 5.10 Å². The molecule has 7 nitrogen and oxygen atoms in total. The van der Waals surface area contributed by atoms with Gasteiger partial charge in [0.2, 0.25) is 0 Å². The molecule has 0 saturated heterocycles. The third-order valence-corrected chi connectivity index (χ3v) is 5.62. The van der Waals surface area contributed by atoms with Gasteiger partial charge in [-0.1, -0.05) is 36.4 Å². The number of hydrogen-bond donors (Lipinski definition) is 1. The van der Waals surface area contributed by atoms with Crippen molar-refractivity contribution < 1.29 is 4.79 Å². The second-order valence-corrected chi connectivity index (χ2v) is 8.23. The van der Waals surface area contributed by atoms with E-state index in [1.54, 1.807) is 6.20 Å². The Balaban J connectivity index is 1.61. The van der Waals surface area contributed by atoms with Crippen LogP contribution < -0.4 is 5.32 Å². The van der Waals surface area contributed by atoms with E-state index in [1.807, 2.05) is 77.7 Å². The summed E-state index contributed by atoms with van der Waals surface area (Å²) < 4.78 is 3.79. The van der Waals surface area contributed by atoms with E-state index in [-0.39, 0.29) is 11.9 Å². The van der Waals surface area contributed by atoms with Gasteiger partial charge in [-0.3, -0.25) is 9.20 Å². The molecule has 0 saturated carbocycles. The van der Waals surface area contributed by atoms with Gasteiger partial charge in [0, 0.05) is 23.2 Å². The topological polar surface area (TPSA) is 77.1 Å². The zero-order valence-corrected chi connectivity index (χ0v) is 18.5. The first kappa shape index (κ1) is 19.9. The van der Waals surface area contributed by atoms with Crippen molar-refractivity contribution in [3.8, 4) is 11.3 Å². The SMILES string of the molecule is Cc1nc2c(cnn2C(C)C)cc1C(=O)Nc1c(-c2ccccc2)nc2c(C)cccn12. The largest absolute Gasteiger partial charge is 0.306 e. The molecule has 0 bridgehead atoms. The minimum Gasteiger partial charge on any atom is -0.306 e. The normalized spacial score (nSPS) is 11.5. The number of fused-ring (bicyclic) bond motifs is 2. The first-order valence-electron chi connectivity index (χ1n) is 10.6. The van der Waals surface area contributed by atoms with Gasteiger partial charge in [0.1, 0.15) is 17.2 Å². The van der Waals surface area contributed by atoms with Gasteiger partial charge in [-0.25, -0.2) is 14.6 Å². The quantitative estimate of drug-likeness (QED) is 0.430. The molecule has 0 spiro atoms. The number of amides is 1. The number of aryl methyl sites for hydroxylation is 2. The molecule has 4 heterocycles. The first-order chi connectivity index (χ1) is 15.4. The number of hydrogen-bond acceptors (Lipinski definition) is 4. The maximum Gasteiger partial charge on any atom is 0.258 e. The second-order valence-electron chi connectivity index (χ2n) is 8.23. The minimum atomic E-state index is -0.227. The maximum absolute atomic E-state index is 13.4. The fourth-order valence-electron chi connectivity index (χ4n) is 3.97. The molecule has 0 aliphatic carbocycles. The lowest BCUT2D eigenvalue weighted by Gasteiger charge is -2.11. The van der Waals surface area contributed by atoms with Gasteiger partial charge in [0.15, 0.2) is 5.65 Å². The molecule has 1 aromatic carbocycles. The molecule has 1 N–H and O–H groups in total. The van der Waals surface area contributed by atoms with Crippen molar-refractivity contribution >= 4 is 28.4 Å². The molecule has 0 atom stereocenters. The predicted octanol–water partition coefficient (Wildman–Crippen LogP) is 5.20. The highest BCUT2D eigenvalue weighted by molar-refractivity contribution is 6.08. The van der Waals surface area contributed by atoms with Crippen molar-refractivity contribution in [1.29, 1.82) is 0 Å². The summed E-state index contributed by atoms with van der Waals surface area (Å²) >= 11 is 0. The van der Waals surface area contributed by atoms with E-state index in [2.05, 4.69) is 29.2 Å². The molecule has 5 rings (SSSR count). The number of carbonyl (C=O) groups excluding carboxylic acids is 1. The molecule has 4 aromatic heterocycles. The number of nitrogens with zero attached hydrogens (tertiary/aromatic N) is 5. The summed E-state index contributed by atoms with van der Waals surface area (Å²) in [7, 11) is 0. The van der Waals surface area contributed by atoms with E-state index in [0.717, 1.165) is 33.5 Å². The van der Waals surface area contributed by atoms with Crippen LogP contribution in [0.15, 0.2) is 60.9 Å². The highest BCUT2D eigenvalue weighted by atomic mass is 16.1. The van der Waals surface area contributed by atoms with Crippen LogP contribution >= 0.6 is 0 Å². The summed E-state index contributed by atoms with van der Waals surface area (Å²) in [5, 5.41) is 8.37. The van der Waals surface area contributed by atoms with Crippen LogP contribution in [0.5, 0.6) is 0 Å². The molecule has 0 fully saturated rings. The molecule has 160 valence electrons. The Morgan fingerprint density at radius 2 is 1.78 bits per heavy atom. The zero-order chi connectivity index (χ0) is 22.4. The number of rotatable bonds is 4. The van der Waals surface area contributed by atoms with Crippen molar-refractivity contribution in [3.63, 3.8) is 0 Å². The van der Waals surface area contributed by atoms with E-state index in [0.29, 0.717) is 17.1 Å². The molecule has 0 unspecified atom stereocenters.